The van der Waals surface area contributed by atoms with Crippen molar-refractivity contribution in [2.75, 3.05) is 46.6 Å². The summed E-state index contributed by atoms with van der Waals surface area (Å²) in [5.41, 5.74) is 1.35. The molecule has 0 saturated carbocycles. The summed E-state index contributed by atoms with van der Waals surface area (Å²) in [7, 11) is 0. The maximum absolute atomic E-state index is 11.6. The van der Waals surface area contributed by atoms with Crippen molar-refractivity contribution < 1.29 is 108 Å². The largest absolute Gasteiger partial charge is 0.461 e. The van der Waals surface area contributed by atoms with E-state index in [9.17, 15) is 51.1 Å². The van der Waals surface area contributed by atoms with Crippen LogP contribution >= 0.6 is 0 Å². The normalized spacial score (nSPS) is 43.3. The van der Waals surface area contributed by atoms with Gasteiger partial charge in [0, 0.05) is 23.5 Å². The molecule has 0 bridgehead atoms. The molecule has 22 heteroatoms. The lowest BCUT2D eigenvalue weighted by Crippen LogP contribution is -2.65. The number of fused-ring (bicyclic) bond motifs is 3. The Bertz CT molecular complexity index is 1810. The molecular weight excluding hydrogens is 808 g/mol. The standard InChI is InChI=1S/C38H48O22/c39-6-22-25(41)28(44)31(47)36(57-22)51-10-24-27(43)30(46)35(60-37-32(48)29(45)26(42)23(7-40)58-37)38(59-24)56-18-5-21-20(54-12-55-21)4-14(18)34-16-9-49-33(15(16)8-50-34)13-1-2-17-19(3-13)53-11-52-17/h1-5,15-16,22-48H,6-12H2/t15-,16-,22+,23+,24+,25+,26+,27+,28-,29-,30-,31+,32+,33+,34+,35+,36+,37-,38-/m0/s1. The van der Waals surface area contributed by atoms with Crippen LogP contribution < -0.4 is 23.7 Å². The summed E-state index contributed by atoms with van der Waals surface area (Å²) in [5, 5.41) is 105. The lowest BCUT2D eigenvalue weighted by Gasteiger charge is -2.46. The topological polar surface area (TPSA) is 313 Å². The average molecular weight is 857 g/mol. The molecule has 0 radical (unpaired) electrons. The summed E-state index contributed by atoms with van der Waals surface area (Å²) >= 11 is 0. The van der Waals surface area contributed by atoms with Crippen molar-refractivity contribution in [3.63, 3.8) is 0 Å². The number of aliphatic hydroxyl groups excluding tert-OH is 10. The maximum atomic E-state index is 11.6. The molecule has 0 unspecified atom stereocenters. The fourth-order valence-electron chi connectivity index (χ4n) is 8.70. The van der Waals surface area contributed by atoms with Crippen LogP contribution in [0.25, 0.3) is 0 Å². The van der Waals surface area contributed by atoms with Gasteiger partial charge in [-0.3, -0.25) is 0 Å². The highest BCUT2D eigenvalue weighted by atomic mass is 16.8. The van der Waals surface area contributed by atoms with Crippen molar-refractivity contribution in [2.24, 2.45) is 11.8 Å². The van der Waals surface area contributed by atoms with E-state index in [4.69, 9.17) is 56.8 Å². The molecule has 7 aliphatic rings. The monoisotopic (exact) mass is 856 g/mol. The first-order chi connectivity index (χ1) is 28.9. The SMILES string of the molecule is OC[C@H]1O[C@@H](OC[C@H]2O[C@H](Oc3cc4c(cc3[C@H]3OC[C@H]5[C@@H]3CO[C@@H]5c3ccc5c(c3)OCO5)OCO4)[C@H](O[C@@H]3O[C@H](CO)[C@@H](O)[C@H](O)[C@H]3O)[C@@H](O)[C@@H]2O)[C@H](O)[C@@H](O)[C@@H]1O. The second kappa shape index (κ2) is 17.1. The third kappa shape index (κ3) is 7.55. The average Bonchev–Trinajstić information content (AvgIpc) is 4.08. The van der Waals surface area contributed by atoms with E-state index in [0.717, 1.165) is 5.56 Å². The van der Waals surface area contributed by atoms with Gasteiger partial charge in [0.25, 0.3) is 0 Å². The smallest absolute Gasteiger partial charge is 0.231 e. The molecule has 22 nitrogen and oxygen atoms in total. The van der Waals surface area contributed by atoms with E-state index in [0.29, 0.717) is 36.0 Å². The Labute approximate surface area is 340 Å². The molecular formula is C38H48O22. The van der Waals surface area contributed by atoms with Crippen molar-refractivity contribution >= 4 is 0 Å². The van der Waals surface area contributed by atoms with Crippen LogP contribution in [0.15, 0.2) is 30.3 Å². The highest BCUT2D eigenvalue weighted by Gasteiger charge is 2.54. The van der Waals surface area contributed by atoms with E-state index >= 15 is 0 Å². The van der Waals surface area contributed by atoms with Gasteiger partial charge in [-0.1, -0.05) is 6.07 Å². The fourth-order valence-corrected chi connectivity index (χ4v) is 8.70. The van der Waals surface area contributed by atoms with E-state index in [1.807, 2.05) is 18.2 Å². The molecule has 9 rings (SSSR count). The molecule has 60 heavy (non-hydrogen) atoms. The molecule has 7 aliphatic heterocycles. The summed E-state index contributed by atoms with van der Waals surface area (Å²) in [6.45, 7) is -1.52. The van der Waals surface area contributed by atoms with Crippen LogP contribution in [0.3, 0.4) is 0 Å². The fraction of sp³-hybridized carbons (Fsp3) is 0.684. The Kier molecular flexibility index (Phi) is 12.0. The molecule has 0 aliphatic carbocycles. The number of hydrogen-bond donors (Lipinski definition) is 10. The summed E-state index contributed by atoms with van der Waals surface area (Å²) in [5.74, 6) is 1.70. The summed E-state index contributed by atoms with van der Waals surface area (Å²) in [6, 6.07) is 8.82. The lowest BCUT2D eigenvalue weighted by atomic mass is 9.84. The van der Waals surface area contributed by atoms with Gasteiger partial charge in [0.2, 0.25) is 19.9 Å². The first kappa shape index (κ1) is 42.1. The van der Waals surface area contributed by atoms with Gasteiger partial charge >= 0.3 is 0 Å². The zero-order chi connectivity index (χ0) is 42.0. The molecule has 332 valence electrons. The Hall–Kier alpha value is -3.24. The molecule has 0 aromatic heterocycles. The molecule has 19 atom stereocenters. The first-order valence-electron chi connectivity index (χ1n) is 19.6. The lowest BCUT2D eigenvalue weighted by molar-refractivity contribution is -0.363. The number of benzene rings is 2. The van der Waals surface area contributed by atoms with E-state index in [2.05, 4.69) is 0 Å². The van der Waals surface area contributed by atoms with Crippen LogP contribution in [0.5, 0.6) is 28.7 Å². The highest BCUT2D eigenvalue weighted by molar-refractivity contribution is 5.53. The molecule has 2 aromatic rings. The van der Waals surface area contributed by atoms with Gasteiger partial charge in [-0.25, -0.2) is 0 Å². The third-order valence-corrected chi connectivity index (χ3v) is 12.1. The maximum Gasteiger partial charge on any atom is 0.231 e. The van der Waals surface area contributed by atoms with Gasteiger partial charge in [0.15, 0.2) is 41.7 Å². The summed E-state index contributed by atoms with van der Waals surface area (Å²) < 4.78 is 70.5. The van der Waals surface area contributed by atoms with E-state index in [-0.39, 0.29) is 43.0 Å². The Morgan fingerprint density at radius 3 is 1.77 bits per heavy atom. The summed E-state index contributed by atoms with van der Waals surface area (Å²) in [6.07, 6.45) is -26.5. The van der Waals surface area contributed by atoms with Crippen LogP contribution in [0, 0.1) is 11.8 Å². The Morgan fingerprint density at radius 2 is 1.08 bits per heavy atom. The number of aliphatic hydroxyl groups is 10. The molecule has 0 amide bonds. The van der Waals surface area contributed by atoms with Crippen LogP contribution in [0.4, 0.5) is 0 Å². The van der Waals surface area contributed by atoms with Crippen molar-refractivity contribution in [3.8, 4) is 28.7 Å². The predicted octanol–water partition coefficient (Wildman–Crippen LogP) is -3.95. The minimum Gasteiger partial charge on any atom is -0.461 e. The van der Waals surface area contributed by atoms with Gasteiger partial charge in [0.05, 0.1) is 45.2 Å². The zero-order valence-corrected chi connectivity index (χ0v) is 31.7. The minimum atomic E-state index is -1.92. The van der Waals surface area contributed by atoms with Crippen LogP contribution in [-0.4, -0.2) is 190 Å². The predicted molar refractivity (Wildman–Crippen MR) is 189 cm³/mol. The minimum absolute atomic E-state index is 0.0982. The van der Waals surface area contributed by atoms with Crippen LogP contribution in [-0.2, 0) is 33.2 Å². The van der Waals surface area contributed by atoms with Gasteiger partial charge in [0.1, 0.15) is 72.9 Å². The van der Waals surface area contributed by atoms with Gasteiger partial charge < -0.3 is 108 Å². The Balaban J connectivity index is 1.00. The van der Waals surface area contributed by atoms with Gasteiger partial charge in [-0.2, -0.15) is 0 Å². The number of rotatable bonds is 11. The van der Waals surface area contributed by atoms with Crippen molar-refractivity contribution in [3.05, 3.63) is 41.5 Å². The molecule has 2 aromatic carbocycles. The van der Waals surface area contributed by atoms with Crippen molar-refractivity contribution in [2.45, 2.75) is 104 Å². The molecule has 5 saturated heterocycles. The summed E-state index contributed by atoms with van der Waals surface area (Å²) in [4.78, 5) is 0. The number of hydrogen-bond acceptors (Lipinski definition) is 22. The molecule has 0 spiro atoms. The number of ether oxygens (including phenoxy) is 12. The van der Waals surface area contributed by atoms with Crippen molar-refractivity contribution in [1.82, 2.24) is 0 Å². The van der Waals surface area contributed by atoms with E-state index in [1.54, 1.807) is 6.07 Å². The Morgan fingerprint density at radius 1 is 0.533 bits per heavy atom. The molecule has 10 N–H and O–H groups in total. The third-order valence-electron chi connectivity index (χ3n) is 12.1. The second-order valence-corrected chi connectivity index (χ2v) is 15.7. The van der Waals surface area contributed by atoms with E-state index in [1.165, 1.54) is 6.07 Å². The second-order valence-electron chi connectivity index (χ2n) is 15.7. The van der Waals surface area contributed by atoms with Gasteiger partial charge in [-0.05, 0) is 23.8 Å². The quantitative estimate of drug-likeness (QED) is 0.103. The van der Waals surface area contributed by atoms with Crippen LogP contribution in [0.1, 0.15) is 23.3 Å². The highest BCUT2D eigenvalue weighted by Crippen LogP contribution is 2.54. The van der Waals surface area contributed by atoms with E-state index < -0.39 is 118 Å². The van der Waals surface area contributed by atoms with Crippen LogP contribution in [0.2, 0.25) is 0 Å². The van der Waals surface area contributed by atoms with Crippen molar-refractivity contribution in [1.29, 1.82) is 0 Å². The molecule has 5 fully saturated rings. The first-order valence-corrected chi connectivity index (χ1v) is 19.6. The zero-order valence-electron chi connectivity index (χ0n) is 31.7. The molecule has 7 heterocycles. The van der Waals surface area contributed by atoms with Gasteiger partial charge in [-0.15, -0.1) is 0 Å².